The molecule has 5 heteroatoms. The maximum absolute atomic E-state index is 13.9. The van der Waals surface area contributed by atoms with Gasteiger partial charge in [0.2, 0.25) is 0 Å². The predicted molar refractivity (Wildman–Crippen MR) is 95.1 cm³/mol. The summed E-state index contributed by atoms with van der Waals surface area (Å²) >= 11 is 0. The SMILES string of the molecule is Cc1c(F)cc(-c2ccccc2-c2ccc(S(C)(=O)=O)cc2)cc1F. The topological polar surface area (TPSA) is 34.1 Å². The Morgan fingerprint density at radius 2 is 1.24 bits per heavy atom. The first kappa shape index (κ1) is 17.3. The fraction of sp³-hybridized carbons (Fsp3) is 0.100. The first-order valence-corrected chi connectivity index (χ1v) is 9.52. The summed E-state index contributed by atoms with van der Waals surface area (Å²) in [5.74, 6) is -1.20. The van der Waals surface area contributed by atoms with E-state index in [1.807, 2.05) is 12.1 Å². The van der Waals surface area contributed by atoms with Crippen molar-refractivity contribution in [2.45, 2.75) is 11.8 Å². The van der Waals surface area contributed by atoms with Crippen LogP contribution in [0.3, 0.4) is 0 Å². The molecule has 3 rings (SSSR count). The quantitative estimate of drug-likeness (QED) is 0.659. The Morgan fingerprint density at radius 3 is 1.72 bits per heavy atom. The van der Waals surface area contributed by atoms with E-state index in [2.05, 4.69) is 0 Å². The van der Waals surface area contributed by atoms with Crippen LogP contribution in [0.2, 0.25) is 0 Å². The zero-order chi connectivity index (χ0) is 18.2. The van der Waals surface area contributed by atoms with Crippen molar-refractivity contribution >= 4 is 9.84 Å². The van der Waals surface area contributed by atoms with Crippen molar-refractivity contribution in [1.29, 1.82) is 0 Å². The zero-order valence-electron chi connectivity index (χ0n) is 13.8. The van der Waals surface area contributed by atoms with E-state index in [0.29, 0.717) is 11.1 Å². The van der Waals surface area contributed by atoms with Crippen LogP contribution in [0.25, 0.3) is 22.3 Å². The minimum Gasteiger partial charge on any atom is -0.224 e. The molecule has 2 nitrogen and oxygen atoms in total. The Bertz CT molecular complexity index is 1020. The van der Waals surface area contributed by atoms with Crippen molar-refractivity contribution in [2.24, 2.45) is 0 Å². The van der Waals surface area contributed by atoms with Gasteiger partial charge in [0.05, 0.1) is 4.90 Å². The van der Waals surface area contributed by atoms with E-state index in [1.54, 1.807) is 24.3 Å². The summed E-state index contributed by atoms with van der Waals surface area (Å²) < 4.78 is 51.1. The van der Waals surface area contributed by atoms with E-state index >= 15 is 0 Å². The van der Waals surface area contributed by atoms with Gasteiger partial charge in [-0.1, -0.05) is 36.4 Å². The third kappa shape index (κ3) is 3.46. The lowest BCUT2D eigenvalue weighted by Crippen LogP contribution is -1.96. The maximum Gasteiger partial charge on any atom is 0.175 e. The van der Waals surface area contributed by atoms with Crippen LogP contribution in [0.1, 0.15) is 5.56 Å². The molecule has 0 spiro atoms. The van der Waals surface area contributed by atoms with Crippen molar-refractivity contribution in [3.05, 3.63) is 77.9 Å². The van der Waals surface area contributed by atoms with Gasteiger partial charge in [-0.15, -0.1) is 0 Å². The summed E-state index contributed by atoms with van der Waals surface area (Å²) in [6.07, 6.45) is 1.15. The molecule has 0 radical (unpaired) electrons. The zero-order valence-corrected chi connectivity index (χ0v) is 14.6. The second kappa shape index (κ2) is 6.41. The molecule has 0 N–H and O–H groups in total. The lowest BCUT2D eigenvalue weighted by atomic mass is 9.94. The van der Waals surface area contributed by atoms with Crippen LogP contribution < -0.4 is 0 Å². The molecule has 0 fully saturated rings. The minimum absolute atomic E-state index is 0.0151. The van der Waals surface area contributed by atoms with Crippen LogP contribution in [-0.2, 0) is 9.84 Å². The van der Waals surface area contributed by atoms with E-state index in [1.165, 1.54) is 31.2 Å². The summed E-state index contributed by atoms with van der Waals surface area (Å²) in [4.78, 5) is 0.223. The van der Waals surface area contributed by atoms with Gasteiger partial charge in [-0.3, -0.25) is 0 Å². The van der Waals surface area contributed by atoms with Crippen LogP contribution in [0.4, 0.5) is 8.78 Å². The van der Waals surface area contributed by atoms with Crippen LogP contribution in [0.15, 0.2) is 65.6 Å². The van der Waals surface area contributed by atoms with E-state index in [9.17, 15) is 17.2 Å². The summed E-state index contributed by atoms with van der Waals surface area (Å²) in [7, 11) is -3.28. The van der Waals surface area contributed by atoms with Crippen LogP contribution in [0, 0.1) is 18.6 Å². The molecule has 0 unspecified atom stereocenters. The van der Waals surface area contributed by atoms with Crippen molar-refractivity contribution in [1.82, 2.24) is 0 Å². The Hall–Kier alpha value is -2.53. The van der Waals surface area contributed by atoms with Gasteiger partial charge in [-0.2, -0.15) is 0 Å². The predicted octanol–water partition coefficient (Wildman–Crippen LogP) is 5.01. The van der Waals surface area contributed by atoms with Crippen LogP contribution in [0.5, 0.6) is 0 Å². The number of benzene rings is 3. The molecule has 0 heterocycles. The molecule has 0 atom stereocenters. The van der Waals surface area contributed by atoms with E-state index < -0.39 is 21.5 Å². The van der Waals surface area contributed by atoms with Crippen LogP contribution in [-0.4, -0.2) is 14.7 Å². The average molecular weight is 358 g/mol. The van der Waals surface area contributed by atoms with Crippen LogP contribution >= 0.6 is 0 Å². The molecule has 0 aliphatic rings. The molecular weight excluding hydrogens is 342 g/mol. The van der Waals surface area contributed by atoms with Crippen molar-refractivity contribution in [3.63, 3.8) is 0 Å². The Balaban J connectivity index is 2.14. The van der Waals surface area contributed by atoms with Gasteiger partial charge in [-0.25, -0.2) is 17.2 Å². The molecule has 0 bridgehead atoms. The smallest absolute Gasteiger partial charge is 0.175 e. The second-order valence-electron chi connectivity index (χ2n) is 5.91. The molecule has 3 aromatic carbocycles. The van der Waals surface area contributed by atoms with Gasteiger partial charge in [0.25, 0.3) is 0 Å². The molecule has 0 aromatic heterocycles. The van der Waals surface area contributed by atoms with Crippen molar-refractivity contribution in [2.75, 3.05) is 6.26 Å². The lowest BCUT2D eigenvalue weighted by molar-refractivity contribution is 0.569. The van der Waals surface area contributed by atoms with Gasteiger partial charge in [0.15, 0.2) is 9.84 Å². The first-order chi connectivity index (χ1) is 11.8. The molecule has 0 aliphatic heterocycles. The van der Waals surface area contributed by atoms with E-state index in [4.69, 9.17) is 0 Å². The summed E-state index contributed by atoms with van der Waals surface area (Å²) in [6, 6.07) is 16.3. The number of halogens is 2. The van der Waals surface area contributed by atoms with E-state index in [0.717, 1.165) is 17.4 Å². The standard InChI is InChI=1S/C20H16F2O2S/c1-13-19(21)11-15(12-20(13)22)18-6-4-3-5-17(18)14-7-9-16(10-8-14)25(2,23)24/h3-12H,1-2H3. The number of rotatable bonds is 3. The molecule has 0 amide bonds. The second-order valence-corrected chi connectivity index (χ2v) is 7.92. The number of hydrogen-bond acceptors (Lipinski definition) is 2. The highest BCUT2D eigenvalue weighted by Crippen LogP contribution is 2.33. The minimum atomic E-state index is -3.28. The summed E-state index contributed by atoms with van der Waals surface area (Å²) in [5, 5.41) is 0. The maximum atomic E-state index is 13.9. The third-order valence-electron chi connectivity index (χ3n) is 4.11. The van der Waals surface area contributed by atoms with Gasteiger partial charge >= 0.3 is 0 Å². The first-order valence-electron chi connectivity index (χ1n) is 7.63. The van der Waals surface area contributed by atoms with Gasteiger partial charge in [-0.05, 0) is 53.4 Å². The normalized spacial score (nSPS) is 11.5. The molecule has 0 aliphatic carbocycles. The van der Waals surface area contributed by atoms with Crippen molar-refractivity contribution < 1.29 is 17.2 Å². The van der Waals surface area contributed by atoms with Crippen molar-refractivity contribution in [3.8, 4) is 22.3 Å². The highest BCUT2D eigenvalue weighted by atomic mass is 32.2. The summed E-state index contributed by atoms with van der Waals surface area (Å²) in [6.45, 7) is 1.39. The highest BCUT2D eigenvalue weighted by Gasteiger charge is 2.13. The molecular formula is C20H16F2O2S. The average Bonchev–Trinajstić information content (AvgIpc) is 2.58. The Kier molecular flexibility index (Phi) is 4.43. The molecule has 3 aromatic rings. The fourth-order valence-electron chi connectivity index (χ4n) is 2.67. The molecule has 0 saturated heterocycles. The summed E-state index contributed by atoms with van der Waals surface area (Å²) in [5.41, 5.74) is 2.63. The van der Waals surface area contributed by atoms with Gasteiger partial charge < -0.3 is 0 Å². The number of hydrogen-bond donors (Lipinski definition) is 0. The molecule has 0 saturated carbocycles. The molecule has 128 valence electrons. The Morgan fingerprint density at radius 1 is 0.760 bits per heavy atom. The number of sulfone groups is 1. The van der Waals surface area contributed by atoms with Gasteiger partial charge in [0.1, 0.15) is 11.6 Å². The molecule has 25 heavy (non-hydrogen) atoms. The lowest BCUT2D eigenvalue weighted by Gasteiger charge is -2.12. The Labute approximate surface area is 145 Å². The monoisotopic (exact) mass is 358 g/mol. The third-order valence-corrected chi connectivity index (χ3v) is 5.24. The highest BCUT2D eigenvalue weighted by molar-refractivity contribution is 7.90. The largest absolute Gasteiger partial charge is 0.224 e. The van der Waals surface area contributed by atoms with Gasteiger partial charge in [0, 0.05) is 11.8 Å². The van der Waals surface area contributed by atoms with E-state index in [-0.39, 0.29) is 10.5 Å². The fourth-order valence-corrected chi connectivity index (χ4v) is 3.30.